The van der Waals surface area contributed by atoms with Crippen molar-refractivity contribution in [2.45, 2.75) is 32.5 Å². The van der Waals surface area contributed by atoms with Crippen LogP contribution in [0.4, 0.5) is 0 Å². The first-order chi connectivity index (χ1) is 7.67. The minimum Gasteiger partial charge on any atom is -0.481 e. The first-order valence-electron chi connectivity index (χ1n) is 4.49. The highest BCUT2D eigenvalue weighted by atomic mass is 16.7. The van der Waals surface area contributed by atoms with Crippen LogP contribution in [-0.2, 0) is 28.7 Å². The predicted molar refractivity (Wildman–Crippen MR) is 50.8 cm³/mol. The summed E-state index contributed by atoms with van der Waals surface area (Å²) in [5.74, 6) is -7.14. The summed E-state index contributed by atoms with van der Waals surface area (Å²) in [6, 6.07) is 0. The summed E-state index contributed by atoms with van der Waals surface area (Å²) < 4.78 is 9.05. The van der Waals surface area contributed by atoms with Gasteiger partial charge in [0, 0.05) is 13.8 Å². The SMILES string of the molecule is CC(=O)OC(CC(=O)O)(CC(=O)O)OC(C)=O. The molecule has 0 heterocycles. The van der Waals surface area contributed by atoms with E-state index >= 15 is 0 Å². The minimum absolute atomic E-state index is 0.946. The van der Waals surface area contributed by atoms with Gasteiger partial charge in [0.2, 0.25) is 0 Å². The molecule has 0 rings (SSSR count). The third-order valence-corrected chi connectivity index (χ3v) is 1.50. The maximum Gasteiger partial charge on any atom is 0.311 e. The van der Waals surface area contributed by atoms with Crippen LogP contribution in [0.15, 0.2) is 0 Å². The summed E-state index contributed by atoms with van der Waals surface area (Å²) in [6.07, 6.45) is -1.89. The Bertz CT molecular complexity index is 275. The lowest BCUT2D eigenvalue weighted by molar-refractivity contribution is -0.232. The van der Waals surface area contributed by atoms with E-state index in [1.807, 2.05) is 0 Å². The van der Waals surface area contributed by atoms with Gasteiger partial charge in [-0.3, -0.25) is 19.2 Å². The molecule has 0 saturated heterocycles. The number of ether oxygens (including phenoxy) is 2. The van der Waals surface area contributed by atoms with Gasteiger partial charge in [0.25, 0.3) is 5.79 Å². The number of rotatable bonds is 6. The smallest absolute Gasteiger partial charge is 0.311 e. The first-order valence-corrected chi connectivity index (χ1v) is 4.49. The molecule has 0 atom stereocenters. The molecule has 0 aromatic rings. The highest BCUT2D eigenvalue weighted by Crippen LogP contribution is 2.23. The largest absolute Gasteiger partial charge is 0.481 e. The van der Waals surface area contributed by atoms with Crippen molar-refractivity contribution in [1.82, 2.24) is 0 Å². The molecule has 0 amide bonds. The lowest BCUT2D eigenvalue weighted by atomic mass is 10.1. The fourth-order valence-electron chi connectivity index (χ4n) is 1.21. The molecule has 0 unspecified atom stereocenters. The van der Waals surface area contributed by atoms with Crippen LogP contribution in [0.1, 0.15) is 26.7 Å². The molecule has 0 aromatic heterocycles. The second-order valence-corrected chi connectivity index (χ2v) is 3.24. The van der Waals surface area contributed by atoms with Gasteiger partial charge in [-0.15, -0.1) is 0 Å². The number of carbonyl (C=O) groups excluding carboxylic acids is 2. The number of carboxylic acids is 2. The summed E-state index contributed by atoms with van der Waals surface area (Å²) in [5.41, 5.74) is 0. The molecular weight excluding hydrogens is 236 g/mol. The Labute approximate surface area is 96.1 Å². The van der Waals surface area contributed by atoms with E-state index in [1.54, 1.807) is 0 Å². The highest BCUT2D eigenvalue weighted by Gasteiger charge is 2.42. The van der Waals surface area contributed by atoms with Crippen LogP contribution >= 0.6 is 0 Å². The molecule has 17 heavy (non-hydrogen) atoms. The van der Waals surface area contributed by atoms with Gasteiger partial charge in [0.1, 0.15) is 12.8 Å². The zero-order chi connectivity index (χ0) is 13.6. The molecule has 0 saturated carbocycles. The van der Waals surface area contributed by atoms with Crippen LogP contribution < -0.4 is 0 Å². The second kappa shape index (κ2) is 5.83. The third-order valence-electron chi connectivity index (χ3n) is 1.50. The zero-order valence-corrected chi connectivity index (χ0v) is 9.26. The van der Waals surface area contributed by atoms with Gasteiger partial charge in [-0.05, 0) is 0 Å². The molecule has 0 spiro atoms. The molecule has 0 aliphatic rings. The molecule has 2 N–H and O–H groups in total. The third kappa shape index (κ3) is 6.13. The van der Waals surface area contributed by atoms with Crippen LogP contribution in [0, 0.1) is 0 Å². The van der Waals surface area contributed by atoms with E-state index in [-0.39, 0.29) is 0 Å². The molecule has 0 bridgehead atoms. The molecule has 8 heteroatoms. The Morgan fingerprint density at radius 3 is 1.35 bits per heavy atom. The number of hydrogen-bond donors (Lipinski definition) is 2. The van der Waals surface area contributed by atoms with Crippen molar-refractivity contribution in [3.05, 3.63) is 0 Å². The van der Waals surface area contributed by atoms with E-state index in [0.717, 1.165) is 13.8 Å². The number of carboxylic acid groups (broad SMARTS) is 2. The quantitative estimate of drug-likeness (QED) is 0.486. The molecule has 0 aliphatic carbocycles. The lowest BCUT2D eigenvalue weighted by Crippen LogP contribution is -2.43. The Kier molecular flexibility index (Phi) is 5.10. The average Bonchev–Trinajstić information content (AvgIpc) is 1.95. The number of aliphatic carboxylic acids is 2. The predicted octanol–water partition coefficient (Wildman–Crippen LogP) is -0.242. The van der Waals surface area contributed by atoms with Gasteiger partial charge in [-0.2, -0.15) is 0 Å². The average molecular weight is 248 g/mol. The van der Waals surface area contributed by atoms with E-state index in [9.17, 15) is 19.2 Å². The van der Waals surface area contributed by atoms with Crippen LogP contribution in [0.3, 0.4) is 0 Å². The maximum atomic E-state index is 10.8. The van der Waals surface area contributed by atoms with Crippen LogP contribution in [0.25, 0.3) is 0 Å². The normalized spacial score (nSPS) is 10.5. The summed E-state index contributed by atoms with van der Waals surface area (Å²) in [7, 11) is 0. The fraction of sp³-hybridized carbons (Fsp3) is 0.556. The number of hydrogen-bond acceptors (Lipinski definition) is 6. The van der Waals surface area contributed by atoms with Crippen LogP contribution in [-0.4, -0.2) is 39.9 Å². The van der Waals surface area contributed by atoms with Crippen molar-refractivity contribution in [3.63, 3.8) is 0 Å². The van der Waals surface area contributed by atoms with Gasteiger partial charge in [-0.25, -0.2) is 0 Å². The summed E-state index contributed by atoms with van der Waals surface area (Å²) in [4.78, 5) is 42.8. The van der Waals surface area contributed by atoms with E-state index in [0.29, 0.717) is 0 Å². The van der Waals surface area contributed by atoms with Crippen molar-refractivity contribution < 1.29 is 38.9 Å². The Balaban J connectivity index is 5.16. The Hall–Kier alpha value is -2.12. The summed E-state index contributed by atoms with van der Waals surface area (Å²) in [5, 5.41) is 17.2. The lowest BCUT2D eigenvalue weighted by Gasteiger charge is -2.29. The van der Waals surface area contributed by atoms with Gasteiger partial charge >= 0.3 is 23.9 Å². The van der Waals surface area contributed by atoms with E-state index < -0.39 is 42.5 Å². The molecule has 0 fully saturated rings. The summed E-state index contributed by atoms with van der Waals surface area (Å²) in [6.45, 7) is 1.89. The monoisotopic (exact) mass is 248 g/mol. The molecular formula is C9H12O8. The number of carbonyl (C=O) groups is 4. The molecule has 0 radical (unpaired) electrons. The molecule has 96 valence electrons. The fourth-order valence-corrected chi connectivity index (χ4v) is 1.21. The van der Waals surface area contributed by atoms with E-state index in [2.05, 4.69) is 9.47 Å². The number of esters is 2. The maximum absolute atomic E-state index is 10.8. The van der Waals surface area contributed by atoms with Crippen molar-refractivity contribution in [3.8, 4) is 0 Å². The van der Waals surface area contributed by atoms with Crippen molar-refractivity contribution in [2.75, 3.05) is 0 Å². The second-order valence-electron chi connectivity index (χ2n) is 3.24. The molecule has 0 aromatic carbocycles. The van der Waals surface area contributed by atoms with E-state index in [1.165, 1.54) is 0 Å². The molecule has 0 aliphatic heterocycles. The van der Waals surface area contributed by atoms with Crippen molar-refractivity contribution in [1.29, 1.82) is 0 Å². The minimum atomic E-state index is -2.31. The summed E-state index contributed by atoms with van der Waals surface area (Å²) >= 11 is 0. The first kappa shape index (κ1) is 14.9. The topological polar surface area (TPSA) is 127 Å². The van der Waals surface area contributed by atoms with Crippen molar-refractivity contribution >= 4 is 23.9 Å². The highest BCUT2D eigenvalue weighted by molar-refractivity contribution is 5.76. The Morgan fingerprint density at radius 2 is 1.18 bits per heavy atom. The zero-order valence-electron chi connectivity index (χ0n) is 9.26. The van der Waals surface area contributed by atoms with Crippen molar-refractivity contribution in [2.24, 2.45) is 0 Å². The molecule has 8 nitrogen and oxygen atoms in total. The standard InChI is InChI=1S/C9H12O8/c1-5(10)16-9(3-7(12)13,4-8(14)15)17-6(2)11/h3-4H2,1-2H3,(H,12,13)(H,14,15). The van der Waals surface area contributed by atoms with Crippen LogP contribution in [0.5, 0.6) is 0 Å². The van der Waals surface area contributed by atoms with E-state index in [4.69, 9.17) is 10.2 Å². The van der Waals surface area contributed by atoms with Gasteiger partial charge in [0.15, 0.2) is 0 Å². The Morgan fingerprint density at radius 1 is 0.882 bits per heavy atom. The van der Waals surface area contributed by atoms with Gasteiger partial charge in [0.05, 0.1) is 0 Å². The van der Waals surface area contributed by atoms with Gasteiger partial charge in [-0.1, -0.05) is 0 Å². The van der Waals surface area contributed by atoms with Gasteiger partial charge < -0.3 is 19.7 Å². The van der Waals surface area contributed by atoms with Crippen LogP contribution in [0.2, 0.25) is 0 Å².